The van der Waals surface area contributed by atoms with Crippen molar-refractivity contribution in [2.45, 2.75) is 71.3 Å². The summed E-state index contributed by atoms with van der Waals surface area (Å²) in [5.41, 5.74) is 2.59. The first-order valence-electron chi connectivity index (χ1n) is 10.1. The topological polar surface area (TPSA) is 86.9 Å². The van der Waals surface area contributed by atoms with E-state index in [2.05, 4.69) is 27.5 Å². The maximum atomic E-state index is 12.3. The van der Waals surface area contributed by atoms with Gasteiger partial charge in [0.05, 0.1) is 11.0 Å². The second-order valence-electron chi connectivity index (χ2n) is 7.66. The Bertz CT molecular complexity index is 793. The van der Waals surface area contributed by atoms with Crippen LogP contribution in [0.15, 0.2) is 18.2 Å². The van der Waals surface area contributed by atoms with E-state index in [-0.39, 0.29) is 30.2 Å². The van der Waals surface area contributed by atoms with Gasteiger partial charge in [0.2, 0.25) is 11.8 Å². The molecule has 2 amide bonds. The zero-order chi connectivity index (χ0) is 19.2. The van der Waals surface area contributed by atoms with Crippen LogP contribution in [0.5, 0.6) is 0 Å². The highest BCUT2D eigenvalue weighted by molar-refractivity contribution is 5.93. The van der Waals surface area contributed by atoms with Crippen LogP contribution >= 0.6 is 0 Å². The molecule has 1 unspecified atom stereocenters. The van der Waals surface area contributed by atoms with Gasteiger partial charge in [-0.2, -0.15) is 0 Å². The Balaban J connectivity index is 1.52. The molecular formula is C21H30N4O2. The number of amides is 2. The van der Waals surface area contributed by atoms with Crippen LogP contribution in [0.1, 0.15) is 64.6 Å². The van der Waals surface area contributed by atoms with Crippen molar-refractivity contribution in [2.24, 2.45) is 5.92 Å². The predicted octanol–water partition coefficient (Wildman–Crippen LogP) is 3.93. The lowest BCUT2D eigenvalue weighted by Gasteiger charge is -2.16. The van der Waals surface area contributed by atoms with Gasteiger partial charge in [0, 0.05) is 30.5 Å². The van der Waals surface area contributed by atoms with Crippen molar-refractivity contribution in [1.29, 1.82) is 0 Å². The Hall–Kier alpha value is -2.37. The van der Waals surface area contributed by atoms with Crippen LogP contribution < -0.4 is 10.6 Å². The number of benzene rings is 1. The molecule has 3 rings (SSSR count). The number of aryl methyl sites for hydroxylation is 1. The molecule has 1 aromatic heterocycles. The number of nitrogens with one attached hydrogen (secondary N) is 3. The van der Waals surface area contributed by atoms with Crippen LogP contribution in [-0.2, 0) is 16.0 Å². The van der Waals surface area contributed by atoms with E-state index in [0.717, 1.165) is 67.5 Å². The standard InChI is InChI=1S/C21H30N4O2/c1-3-4-9-19-24-17-11-10-16(13-18(17)25-19)23-20(26)12-14(2)22-21(27)15-7-5-6-8-15/h10-11,13-15H,3-9,12H2,1-2H3,(H,22,27)(H,23,26)(H,24,25). The Labute approximate surface area is 160 Å². The fraction of sp³-hybridized carbons (Fsp3) is 0.571. The third kappa shape index (κ3) is 5.31. The van der Waals surface area contributed by atoms with Gasteiger partial charge >= 0.3 is 0 Å². The van der Waals surface area contributed by atoms with E-state index in [4.69, 9.17) is 0 Å². The zero-order valence-electron chi connectivity index (χ0n) is 16.3. The fourth-order valence-corrected chi connectivity index (χ4v) is 3.69. The molecule has 6 nitrogen and oxygen atoms in total. The monoisotopic (exact) mass is 370 g/mol. The second-order valence-corrected chi connectivity index (χ2v) is 7.66. The molecule has 27 heavy (non-hydrogen) atoms. The lowest BCUT2D eigenvalue weighted by molar-refractivity contribution is -0.125. The first-order valence-corrected chi connectivity index (χ1v) is 10.1. The summed E-state index contributed by atoms with van der Waals surface area (Å²) in [4.78, 5) is 32.4. The highest BCUT2D eigenvalue weighted by Gasteiger charge is 2.24. The number of carbonyl (C=O) groups is 2. The number of nitrogens with zero attached hydrogens (tertiary/aromatic N) is 1. The van der Waals surface area contributed by atoms with Crippen LogP contribution in [0.2, 0.25) is 0 Å². The molecule has 1 atom stereocenters. The van der Waals surface area contributed by atoms with Crippen molar-refractivity contribution in [3.63, 3.8) is 0 Å². The minimum atomic E-state index is -0.172. The molecular weight excluding hydrogens is 340 g/mol. The number of anilines is 1. The van der Waals surface area contributed by atoms with E-state index in [1.54, 1.807) is 0 Å². The lowest BCUT2D eigenvalue weighted by Crippen LogP contribution is -2.38. The van der Waals surface area contributed by atoms with E-state index in [1.807, 2.05) is 25.1 Å². The third-order valence-electron chi connectivity index (χ3n) is 5.19. The predicted molar refractivity (Wildman–Crippen MR) is 108 cm³/mol. The van der Waals surface area contributed by atoms with E-state index in [0.29, 0.717) is 0 Å². The van der Waals surface area contributed by atoms with E-state index in [1.165, 1.54) is 0 Å². The number of H-pyrrole nitrogens is 1. The average molecular weight is 370 g/mol. The van der Waals surface area contributed by atoms with Crippen molar-refractivity contribution >= 4 is 28.5 Å². The molecule has 0 bridgehead atoms. The maximum Gasteiger partial charge on any atom is 0.226 e. The molecule has 0 spiro atoms. The molecule has 1 saturated carbocycles. The number of imidazole rings is 1. The van der Waals surface area contributed by atoms with Crippen LogP contribution in [0.25, 0.3) is 11.0 Å². The molecule has 3 N–H and O–H groups in total. The Morgan fingerprint density at radius 1 is 1.30 bits per heavy atom. The molecule has 1 aliphatic rings. The Morgan fingerprint density at radius 2 is 2.07 bits per heavy atom. The number of fused-ring (bicyclic) bond motifs is 1. The summed E-state index contributed by atoms with van der Waals surface area (Å²) < 4.78 is 0. The van der Waals surface area contributed by atoms with Crippen molar-refractivity contribution in [2.75, 3.05) is 5.32 Å². The molecule has 0 radical (unpaired) electrons. The molecule has 146 valence electrons. The van der Waals surface area contributed by atoms with E-state index >= 15 is 0 Å². The first-order chi connectivity index (χ1) is 13.0. The molecule has 0 saturated heterocycles. The molecule has 1 fully saturated rings. The Morgan fingerprint density at radius 3 is 2.81 bits per heavy atom. The minimum absolute atomic E-state index is 0.0892. The summed E-state index contributed by atoms with van der Waals surface area (Å²) in [7, 11) is 0. The Kier molecular flexibility index (Phi) is 6.48. The first kappa shape index (κ1) is 19.4. The largest absolute Gasteiger partial charge is 0.353 e. The zero-order valence-corrected chi connectivity index (χ0v) is 16.3. The van der Waals surface area contributed by atoms with Gasteiger partial charge in [-0.1, -0.05) is 26.2 Å². The van der Waals surface area contributed by atoms with Gasteiger partial charge in [0.1, 0.15) is 5.82 Å². The number of unbranched alkanes of at least 4 members (excludes halogenated alkanes) is 1. The lowest BCUT2D eigenvalue weighted by atomic mass is 10.1. The van der Waals surface area contributed by atoms with Gasteiger partial charge in [-0.15, -0.1) is 0 Å². The van der Waals surface area contributed by atoms with Crippen LogP contribution in [-0.4, -0.2) is 27.8 Å². The van der Waals surface area contributed by atoms with Crippen molar-refractivity contribution in [3.05, 3.63) is 24.0 Å². The van der Waals surface area contributed by atoms with Crippen molar-refractivity contribution in [1.82, 2.24) is 15.3 Å². The third-order valence-corrected chi connectivity index (χ3v) is 5.19. The van der Waals surface area contributed by atoms with Gasteiger partial charge < -0.3 is 15.6 Å². The molecule has 1 aromatic carbocycles. The summed E-state index contributed by atoms with van der Waals surface area (Å²) in [6.07, 6.45) is 7.63. The summed E-state index contributed by atoms with van der Waals surface area (Å²) in [5.74, 6) is 1.10. The van der Waals surface area contributed by atoms with Gasteiger partial charge in [-0.3, -0.25) is 9.59 Å². The second kappa shape index (κ2) is 9.02. The molecule has 2 aromatic rings. The summed E-state index contributed by atoms with van der Waals surface area (Å²) in [6.45, 7) is 4.04. The number of rotatable bonds is 8. The molecule has 0 aliphatic heterocycles. The smallest absolute Gasteiger partial charge is 0.226 e. The minimum Gasteiger partial charge on any atom is -0.353 e. The van der Waals surface area contributed by atoms with Crippen molar-refractivity contribution in [3.8, 4) is 0 Å². The summed E-state index contributed by atoms with van der Waals surface area (Å²) in [5, 5.41) is 5.90. The highest BCUT2D eigenvalue weighted by atomic mass is 16.2. The average Bonchev–Trinajstić information content (AvgIpc) is 3.28. The summed E-state index contributed by atoms with van der Waals surface area (Å²) >= 11 is 0. The summed E-state index contributed by atoms with van der Waals surface area (Å²) in [6, 6.07) is 5.53. The highest BCUT2D eigenvalue weighted by Crippen LogP contribution is 2.25. The van der Waals surface area contributed by atoms with Crippen LogP contribution in [0, 0.1) is 5.92 Å². The normalized spacial score (nSPS) is 15.8. The van der Waals surface area contributed by atoms with Gasteiger partial charge in [-0.25, -0.2) is 4.98 Å². The van der Waals surface area contributed by atoms with Crippen molar-refractivity contribution < 1.29 is 9.59 Å². The van der Waals surface area contributed by atoms with Gasteiger partial charge in [0.15, 0.2) is 0 Å². The number of hydrogen-bond acceptors (Lipinski definition) is 3. The fourth-order valence-electron chi connectivity index (χ4n) is 3.69. The number of carbonyl (C=O) groups excluding carboxylic acids is 2. The number of hydrogen-bond donors (Lipinski definition) is 3. The SMILES string of the molecule is CCCCc1nc2ccc(NC(=O)CC(C)NC(=O)C3CCCC3)cc2[nH]1. The molecule has 1 heterocycles. The van der Waals surface area contributed by atoms with E-state index < -0.39 is 0 Å². The van der Waals surface area contributed by atoms with E-state index in [9.17, 15) is 9.59 Å². The maximum absolute atomic E-state index is 12.3. The van der Waals surface area contributed by atoms with Gasteiger partial charge in [0.25, 0.3) is 0 Å². The van der Waals surface area contributed by atoms with Gasteiger partial charge in [-0.05, 0) is 44.4 Å². The number of aromatic nitrogens is 2. The van der Waals surface area contributed by atoms with Crippen LogP contribution in [0.3, 0.4) is 0 Å². The quantitative estimate of drug-likeness (QED) is 0.658. The number of aromatic amines is 1. The molecule has 6 heteroatoms. The van der Waals surface area contributed by atoms with Crippen LogP contribution in [0.4, 0.5) is 5.69 Å². The molecule has 1 aliphatic carbocycles.